The highest BCUT2D eigenvalue weighted by Gasteiger charge is 2.45. The summed E-state index contributed by atoms with van der Waals surface area (Å²) in [6.45, 7) is 7.31. The van der Waals surface area contributed by atoms with E-state index in [2.05, 4.69) is 5.32 Å². The first kappa shape index (κ1) is 19.2. The molecule has 1 aliphatic carbocycles. The second kappa shape index (κ2) is 7.55. The van der Waals surface area contributed by atoms with Crippen LogP contribution in [-0.4, -0.2) is 55.9 Å². The number of hydrogen-bond acceptors (Lipinski definition) is 4. The Morgan fingerprint density at radius 3 is 2.24 bits per heavy atom. The van der Waals surface area contributed by atoms with Gasteiger partial charge in [-0.05, 0) is 50.0 Å². The van der Waals surface area contributed by atoms with Crippen molar-refractivity contribution in [2.24, 2.45) is 11.3 Å². The lowest BCUT2D eigenvalue weighted by Crippen LogP contribution is -2.52. The quantitative estimate of drug-likeness (QED) is 0.825. The summed E-state index contributed by atoms with van der Waals surface area (Å²) in [6.07, 6.45) is 7.71. The fourth-order valence-corrected chi connectivity index (χ4v) is 7.60. The predicted molar refractivity (Wildman–Crippen MR) is 100 cm³/mol. The van der Waals surface area contributed by atoms with Crippen LogP contribution in [0.25, 0.3) is 0 Å². The third-order valence-corrected chi connectivity index (χ3v) is 9.54. The Labute approximate surface area is 152 Å². The average molecular weight is 371 g/mol. The molecule has 5 nitrogen and oxygen atoms in total. The summed E-state index contributed by atoms with van der Waals surface area (Å²) in [4.78, 5) is 15.0. The zero-order chi connectivity index (χ0) is 18.1. The molecular formula is C19H34N2O3S. The lowest BCUT2D eigenvalue weighted by Gasteiger charge is -2.41. The molecule has 0 aromatic heterocycles. The maximum atomic E-state index is 13.2. The van der Waals surface area contributed by atoms with E-state index in [-0.39, 0.29) is 17.1 Å². The van der Waals surface area contributed by atoms with E-state index in [1.165, 1.54) is 6.42 Å². The Morgan fingerprint density at radius 2 is 1.72 bits per heavy atom. The molecule has 1 unspecified atom stereocenters. The Bertz CT molecular complexity index is 565. The van der Waals surface area contributed by atoms with Gasteiger partial charge in [-0.25, -0.2) is 8.42 Å². The molecule has 1 atom stereocenters. The molecule has 3 fully saturated rings. The molecule has 0 radical (unpaired) electrons. The lowest BCUT2D eigenvalue weighted by atomic mass is 9.78. The summed E-state index contributed by atoms with van der Waals surface area (Å²) < 4.78 is 26.4. The number of nitrogens with zero attached hydrogens (tertiary/aromatic N) is 1. The van der Waals surface area contributed by atoms with E-state index < -0.39 is 15.1 Å². The van der Waals surface area contributed by atoms with Gasteiger partial charge in [-0.15, -0.1) is 0 Å². The van der Waals surface area contributed by atoms with Gasteiger partial charge in [0.15, 0.2) is 9.84 Å². The van der Waals surface area contributed by atoms with Crippen LogP contribution >= 0.6 is 0 Å². The van der Waals surface area contributed by atoms with Gasteiger partial charge in [0.25, 0.3) is 0 Å². The van der Waals surface area contributed by atoms with Gasteiger partial charge in [0.2, 0.25) is 5.91 Å². The van der Waals surface area contributed by atoms with Gasteiger partial charge in [-0.2, -0.15) is 0 Å². The Hall–Kier alpha value is -0.620. The standard InChI is InChI=1S/C19H34N2O3S/c1-15(2)17(25(23,24)16-6-4-3-5-7-16)18(22)21-12-9-19(10-13-21)8-11-20-14-19/h15-17,20H,3-14H2,1-2H3. The molecule has 1 spiro atoms. The molecule has 2 aliphatic heterocycles. The van der Waals surface area contributed by atoms with Gasteiger partial charge in [0.05, 0.1) is 5.25 Å². The van der Waals surface area contributed by atoms with E-state index in [0.717, 1.165) is 58.0 Å². The number of likely N-dealkylation sites (tertiary alicyclic amines) is 1. The molecule has 1 saturated carbocycles. The number of rotatable bonds is 4. The first-order chi connectivity index (χ1) is 11.9. The zero-order valence-electron chi connectivity index (χ0n) is 15.8. The van der Waals surface area contributed by atoms with E-state index in [1.54, 1.807) is 0 Å². The summed E-state index contributed by atoms with van der Waals surface area (Å²) >= 11 is 0. The fourth-order valence-electron chi connectivity index (χ4n) is 5.01. The van der Waals surface area contributed by atoms with Gasteiger partial charge >= 0.3 is 0 Å². The van der Waals surface area contributed by atoms with Crippen LogP contribution in [0.1, 0.15) is 65.2 Å². The summed E-state index contributed by atoms with van der Waals surface area (Å²) in [5.41, 5.74) is 0.340. The molecule has 6 heteroatoms. The van der Waals surface area contributed by atoms with E-state index in [4.69, 9.17) is 0 Å². The number of nitrogens with one attached hydrogen (secondary N) is 1. The van der Waals surface area contributed by atoms with Crippen molar-refractivity contribution in [2.45, 2.75) is 75.7 Å². The van der Waals surface area contributed by atoms with Gasteiger partial charge in [0.1, 0.15) is 5.25 Å². The second-order valence-electron chi connectivity index (χ2n) is 8.77. The van der Waals surface area contributed by atoms with Crippen LogP contribution < -0.4 is 5.32 Å². The highest BCUT2D eigenvalue weighted by Crippen LogP contribution is 2.38. The van der Waals surface area contributed by atoms with Crippen LogP contribution in [0.15, 0.2) is 0 Å². The average Bonchev–Trinajstić information content (AvgIpc) is 3.04. The SMILES string of the molecule is CC(C)C(C(=O)N1CCC2(CCNC2)CC1)S(=O)(=O)C1CCCCC1. The molecule has 1 amide bonds. The normalized spacial score (nSPS) is 26.3. The van der Waals surface area contributed by atoms with Crippen molar-refractivity contribution in [1.29, 1.82) is 0 Å². The van der Waals surface area contributed by atoms with Crippen molar-refractivity contribution in [3.8, 4) is 0 Å². The Balaban J connectivity index is 1.71. The smallest absolute Gasteiger partial charge is 0.241 e. The molecule has 2 saturated heterocycles. The molecule has 3 rings (SSSR count). The van der Waals surface area contributed by atoms with Crippen LogP contribution in [-0.2, 0) is 14.6 Å². The van der Waals surface area contributed by atoms with Crippen LogP contribution in [0, 0.1) is 11.3 Å². The maximum Gasteiger partial charge on any atom is 0.241 e. The largest absolute Gasteiger partial charge is 0.342 e. The topological polar surface area (TPSA) is 66.5 Å². The van der Waals surface area contributed by atoms with Crippen molar-refractivity contribution >= 4 is 15.7 Å². The number of carbonyl (C=O) groups is 1. The van der Waals surface area contributed by atoms with Crippen molar-refractivity contribution in [3.63, 3.8) is 0 Å². The second-order valence-corrected chi connectivity index (χ2v) is 11.1. The predicted octanol–water partition coefficient (Wildman–Crippen LogP) is 2.36. The highest BCUT2D eigenvalue weighted by molar-refractivity contribution is 7.93. The van der Waals surface area contributed by atoms with Crippen LogP contribution in [0.2, 0.25) is 0 Å². The van der Waals surface area contributed by atoms with Gasteiger partial charge in [-0.3, -0.25) is 4.79 Å². The summed E-state index contributed by atoms with van der Waals surface area (Å²) in [6, 6.07) is 0. The van der Waals surface area contributed by atoms with Crippen molar-refractivity contribution in [2.75, 3.05) is 26.2 Å². The Kier molecular flexibility index (Phi) is 5.78. The monoisotopic (exact) mass is 370 g/mol. The van der Waals surface area contributed by atoms with E-state index >= 15 is 0 Å². The zero-order valence-corrected chi connectivity index (χ0v) is 16.6. The third-order valence-electron chi connectivity index (χ3n) is 6.69. The van der Waals surface area contributed by atoms with Gasteiger partial charge in [-0.1, -0.05) is 33.1 Å². The van der Waals surface area contributed by atoms with Crippen molar-refractivity contribution < 1.29 is 13.2 Å². The third kappa shape index (κ3) is 3.90. The van der Waals surface area contributed by atoms with Crippen LogP contribution in [0.5, 0.6) is 0 Å². The van der Waals surface area contributed by atoms with Gasteiger partial charge < -0.3 is 10.2 Å². The number of carbonyl (C=O) groups excluding carboxylic acids is 1. The summed E-state index contributed by atoms with van der Waals surface area (Å²) in [5.74, 6) is -0.301. The molecule has 25 heavy (non-hydrogen) atoms. The first-order valence-electron chi connectivity index (χ1n) is 10.1. The van der Waals surface area contributed by atoms with E-state index in [1.807, 2.05) is 18.7 Å². The minimum atomic E-state index is -3.40. The minimum absolute atomic E-state index is 0.138. The molecule has 144 valence electrons. The van der Waals surface area contributed by atoms with Crippen molar-refractivity contribution in [3.05, 3.63) is 0 Å². The molecule has 1 N–H and O–H groups in total. The maximum absolute atomic E-state index is 13.2. The summed E-state index contributed by atoms with van der Waals surface area (Å²) in [7, 11) is -3.40. The Morgan fingerprint density at radius 1 is 1.08 bits per heavy atom. The number of amides is 1. The van der Waals surface area contributed by atoms with Gasteiger partial charge in [0, 0.05) is 19.6 Å². The molecular weight excluding hydrogens is 336 g/mol. The fraction of sp³-hybridized carbons (Fsp3) is 0.947. The van der Waals surface area contributed by atoms with Crippen molar-refractivity contribution in [1.82, 2.24) is 10.2 Å². The summed E-state index contributed by atoms with van der Waals surface area (Å²) in [5, 5.41) is 2.27. The van der Waals surface area contributed by atoms with Crippen LogP contribution in [0.3, 0.4) is 0 Å². The minimum Gasteiger partial charge on any atom is -0.342 e. The number of sulfone groups is 1. The van der Waals surface area contributed by atoms with Crippen LogP contribution in [0.4, 0.5) is 0 Å². The molecule has 0 aromatic carbocycles. The lowest BCUT2D eigenvalue weighted by molar-refractivity contribution is -0.133. The molecule has 2 heterocycles. The number of piperidine rings is 1. The molecule has 0 aromatic rings. The molecule has 0 bridgehead atoms. The number of hydrogen-bond donors (Lipinski definition) is 1. The first-order valence-corrected chi connectivity index (χ1v) is 11.7. The van der Waals surface area contributed by atoms with E-state index in [0.29, 0.717) is 18.5 Å². The highest BCUT2D eigenvalue weighted by atomic mass is 32.2. The molecule has 3 aliphatic rings. The van der Waals surface area contributed by atoms with E-state index in [9.17, 15) is 13.2 Å².